The van der Waals surface area contributed by atoms with E-state index in [1.54, 1.807) is 0 Å². The Morgan fingerprint density at radius 1 is 1.31 bits per heavy atom. The van der Waals surface area contributed by atoms with Gasteiger partial charge in [0.1, 0.15) is 0 Å². The van der Waals surface area contributed by atoms with Crippen molar-refractivity contribution in [2.45, 2.75) is 34.1 Å². The molecular formula is C11H26N2. The lowest BCUT2D eigenvalue weighted by Crippen LogP contribution is -2.32. The molecule has 0 fully saturated rings. The van der Waals surface area contributed by atoms with Crippen molar-refractivity contribution in [1.29, 1.82) is 0 Å². The third-order valence-electron chi connectivity index (χ3n) is 2.34. The number of nitrogens with zero attached hydrogens (tertiary/aromatic N) is 1. The van der Waals surface area contributed by atoms with Gasteiger partial charge in [-0.3, -0.25) is 0 Å². The number of rotatable bonds is 5. The van der Waals surface area contributed by atoms with Gasteiger partial charge in [0.25, 0.3) is 0 Å². The Kier molecular flexibility index (Phi) is 5.57. The third kappa shape index (κ3) is 7.03. The van der Waals surface area contributed by atoms with Gasteiger partial charge in [0, 0.05) is 6.54 Å². The average Bonchev–Trinajstić information content (AvgIpc) is 2.00. The molecule has 1 unspecified atom stereocenters. The second-order valence-corrected chi connectivity index (χ2v) is 5.22. The lowest BCUT2D eigenvalue weighted by atomic mass is 9.84. The van der Waals surface area contributed by atoms with Crippen LogP contribution in [0.5, 0.6) is 0 Å². The minimum atomic E-state index is 0.401. The van der Waals surface area contributed by atoms with Gasteiger partial charge >= 0.3 is 0 Å². The van der Waals surface area contributed by atoms with E-state index in [0.29, 0.717) is 11.3 Å². The van der Waals surface area contributed by atoms with E-state index in [0.717, 1.165) is 19.6 Å². The summed E-state index contributed by atoms with van der Waals surface area (Å²) < 4.78 is 0. The van der Waals surface area contributed by atoms with Crippen LogP contribution in [-0.2, 0) is 0 Å². The number of nitrogens with two attached hydrogens (primary N) is 1. The predicted octanol–water partition coefficient (Wildman–Crippen LogP) is 1.95. The lowest BCUT2D eigenvalue weighted by Gasteiger charge is -2.28. The summed E-state index contributed by atoms with van der Waals surface area (Å²) in [6.07, 6.45) is 1.22. The van der Waals surface area contributed by atoms with E-state index in [9.17, 15) is 0 Å². The highest BCUT2D eigenvalue weighted by atomic mass is 15.1. The van der Waals surface area contributed by atoms with Crippen LogP contribution in [0.15, 0.2) is 0 Å². The zero-order chi connectivity index (χ0) is 10.5. The van der Waals surface area contributed by atoms with E-state index in [4.69, 9.17) is 5.73 Å². The first-order valence-electron chi connectivity index (χ1n) is 5.27. The minimum Gasteiger partial charge on any atom is -0.330 e. The summed E-state index contributed by atoms with van der Waals surface area (Å²) in [5.74, 6) is 0.643. The molecular weight excluding hydrogens is 160 g/mol. The quantitative estimate of drug-likeness (QED) is 0.711. The molecule has 13 heavy (non-hydrogen) atoms. The topological polar surface area (TPSA) is 29.3 Å². The molecule has 0 heterocycles. The van der Waals surface area contributed by atoms with Gasteiger partial charge < -0.3 is 10.6 Å². The molecule has 0 bridgehead atoms. The second-order valence-electron chi connectivity index (χ2n) is 5.22. The van der Waals surface area contributed by atoms with Crippen molar-refractivity contribution in [3.05, 3.63) is 0 Å². The van der Waals surface area contributed by atoms with Crippen LogP contribution < -0.4 is 5.73 Å². The fraction of sp³-hybridized carbons (Fsp3) is 1.00. The lowest BCUT2D eigenvalue weighted by molar-refractivity contribution is 0.227. The Balaban J connectivity index is 3.89. The van der Waals surface area contributed by atoms with E-state index in [1.807, 2.05) is 0 Å². The molecule has 0 saturated carbocycles. The highest BCUT2D eigenvalue weighted by molar-refractivity contribution is 4.72. The Bertz CT molecular complexity index is 127. The van der Waals surface area contributed by atoms with Crippen molar-refractivity contribution in [2.24, 2.45) is 17.1 Å². The van der Waals surface area contributed by atoms with Crippen LogP contribution in [0.2, 0.25) is 0 Å². The Hall–Kier alpha value is -0.0800. The second kappa shape index (κ2) is 5.61. The fourth-order valence-corrected chi connectivity index (χ4v) is 1.66. The molecule has 1 atom stereocenters. The van der Waals surface area contributed by atoms with Gasteiger partial charge in [-0.25, -0.2) is 0 Å². The molecule has 0 amide bonds. The van der Waals surface area contributed by atoms with E-state index < -0.39 is 0 Å². The van der Waals surface area contributed by atoms with Crippen molar-refractivity contribution < 1.29 is 0 Å². The van der Waals surface area contributed by atoms with Gasteiger partial charge in [0.2, 0.25) is 0 Å². The zero-order valence-corrected chi connectivity index (χ0v) is 9.93. The largest absolute Gasteiger partial charge is 0.330 e. The molecule has 0 spiro atoms. The first-order chi connectivity index (χ1) is 5.89. The van der Waals surface area contributed by atoms with Crippen LogP contribution in [0.1, 0.15) is 34.1 Å². The first-order valence-corrected chi connectivity index (χ1v) is 5.27. The summed E-state index contributed by atoms with van der Waals surface area (Å²) >= 11 is 0. The minimum absolute atomic E-state index is 0.401. The van der Waals surface area contributed by atoms with Crippen molar-refractivity contribution >= 4 is 0 Å². The van der Waals surface area contributed by atoms with Gasteiger partial charge in [-0.15, -0.1) is 0 Å². The van der Waals surface area contributed by atoms with Gasteiger partial charge in [0.05, 0.1) is 0 Å². The molecule has 0 saturated heterocycles. The van der Waals surface area contributed by atoms with Crippen LogP contribution in [0.4, 0.5) is 0 Å². The van der Waals surface area contributed by atoms with E-state index in [-0.39, 0.29) is 0 Å². The standard InChI is InChI=1S/C11H26N2/c1-6-13(5)9-10(8-12)7-11(2,3)4/h10H,6-9,12H2,1-5H3. The highest BCUT2D eigenvalue weighted by Gasteiger charge is 2.18. The molecule has 2 nitrogen and oxygen atoms in total. The fourth-order valence-electron chi connectivity index (χ4n) is 1.66. The van der Waals surface area contributed by atoms with Crippen LogP contribution in [0.3, 0.4) is 0 Å². The monoisotopic (exact) mass is 186 g/mol. The van der Waals surface area contributed by atoms with Gasteiger partial charge in [-0.1, -0.05) is 27.7 Å². The number of hydrogen-bond donors (Lipinski definition) is 1. The highest BCUT2D eigenvalue weighted by Crippen LogP contribution is 2.24. The van der Waals surface area contributed by atoms with Gasteiger partial charge in [-0.2, -0.15) is 0 Å². The summed E-state index contributed by atoms with van der Waals surface area (Å²) in [5.41, 5.74) is 6.16. The maximum absolute atomic E-state index is 5.76. The summed E-state index contributed by atoms with van der Waals surface area (Å²) in [4.78, 5) is 2.34. The van der Waals surface area contributed by atoms with Crippen LogP contribution in [-0.4, -0.2) is 31.6 Å². The third-order valence-corrected chi connectivity index (χ3v) is 2.34. The summed E-state index contributed by atoms with van der Waals surface area (Å²) in [6, 6.07) is 0. The van der Waals surface area contributed by atoms with E-state index >= 15 is 0 Å². The van der Waals surface area contributed by atoms with E-state index in [2.05, 4.69) is 39.6 Å². The molecule has 80 valence electrons. The summed E-state index contributed by atoms with van der Waals surface area (Å²) in [7, 11) is 2.16. The van der Waals surface area contributed by atoms with E-state index in [1.165, 1.54) is 6.42 Å². The molecule has 0 aliphatic rings. The van der Waals surface area contributed by atoms with Crippen LogP contribution >= 0.6 is 0 Å². The first kappa shape index (κ1) is 12.9. The average molecular weight is 186 g/mol. The zero-order valence-electron chi connectivity index (χ0n) is 9.93. The Labute approximate surface area is 83.5 Å². The smallest absolute Gasteiger partial charge is 0.00187 e. The molecule has 0 aromatic rings. The maximum atomic E-state index is 5.76. The van der Waals surface area contributed by atoms with Crippen molar-refractivity contribution in [1.82, 2.24) is 4.90 Å². The van der Waals surface area contributed by atoms with Crippen molar-refractivity contribution in [3.63, 3.8) is 0 Å². The number of hydrogen-bond acceptors (Lipinski definition) is 2. The molecule has 0 aromatic heterocycles. The summed E-state index contributed by atoms with van der Waals surface area (Å²) in [6.45, 7) is 12.1. The SMILES string of the molecule is CCN(C)CC(CN)CC(C)(C)C. The maximum Gasteiger partial charge on any atom is 0.00187 e. The van der Waals surface area contributed by atoms with Crippen molar-refractivity contribution in [3.8, 4) is 0 Å². The molecule has 0 aromatic carbocycles. The van der Waals surface area contributed by atoms with Gasteiger partial charge in [0.15, 0.2) is 0 Å². The molecule has 0 radical (unpaired) electrons. The Morgan fingerprint density at radius 3 is 2.15 bits per heavy atom. The molecule has 2 N–H and O–H groups in total. The normalized spacial score (nSPS) is 15.0. The summed E-state index contributed by atoms with van der Waals surface area (Å²) in [5, 5.41) is 0. The van der Waals surface area contributed by atoms with Gasteiger partial charge in [-0.05, 0) is 37.9 Å². The molecule has 0 aliphatic carbocycles. The predicted molar refractivity (Wildman–Crippen MR) is 59.8 cm³/mol. The van der Waals surface area contributed by atoms with Crippen molar-refractivity contribution in [2.75, 3.05) is 26.7 Å². The Morgan fingerprint density at radius 2 is 1.85 bits per heavy atom. The molecule has 0 rings (SSSR count). The van der Waals surface area contributed by atoms with Crippen LogP contribution in [0, 0.1) is 11.3 Å². The van der Waals surface area contributed by atoms with Crippen LogP contribution in [0.25, 0.3) is 0 Å². The molecule has 2 heteroatoms. The molecule has 0 aliphatic heterocycles.